The van der Waals surface area contributed by atoms with Crippen molar-refractivity contribution < 1.29 is 14.6 Å². The van der Waals surface area contributed by atoms with E-state index in [4.69, 9.17) is 15.6 Å². The van der Waals surface area contributed by atoms with Crippen LogP contribution in [0.15, 0.2) is 18.2 Å². The van der Waals surface area contributed by atoms with E-state index in [0.717, 1.165) is 10.1 Å². The Morgan fingerprint density at radius 2 is 2.20 bits per heavy atom. The van der Waals surface area contributed by atoms with Crippen molar-refractivity contribution in [2.24, 2.45) is 0 Å². The molecule has 0 unspecified atom stereocenters. The minimum atomic E-state index is -0.922. The second kappa shape index (κ2) is 3.43. The number of carbonyl (C=O) groups is 1. The molecule has 2 aromatic rings. The van der Waals surface area contributed by atoms with Crippen molar-refractivity contribution in [1.82, 2.24) is 0 Å². The molecule has 5 heteroatoms. The first-order valence-electron chi connectivity index (χ1n) is 4.22. The highest BCUT2D eigenvalue weighted by Crippen LogP contribution is 2.33. The van der Waals surface area contributed by atoms with Gasteiger partial charge in [0.1, 0.15) is 10.6 Å². The van der Waals surface area contributed by atoms with E-state index in [0.29, 0.717) is 16.3 Å². The molecule has 3 N–H and O–H groups in total. The Kier molecular flexibility index (Phi) is 2.24. The van der Waals surface area contributed by atoms with E-state index in [1.807, 2.05) is 0 Å². The van der Waals surface area contributed by atoms with Crippen LogP contribution in [-0.2, 0) is 0 Å². The van der Waals surface area contributed by atoms with Crippen LogP contribution in [0.4, 0.5) is 5.69 Å². The zero-order valence-electron chi connectivity index (χ0n) is 7.98. The summed E-state index contributed by atoms with van der Waals surface area (Å²) in [6.07, 6.45) is 0. The third-order valence-corrected chi connectivity index (χ3v) is 3.17. The Bertz CT molecular complexity index is 533. The Balaban J connectivity index is 2.66. The van der Waals surface area contributed by atoms with Crippen LogP contribution in [-0.4, -0.2) is 18.2 Å². The first-order valence-corrected chi connectivity index (χ1v) is 5.04. The van der Waals surface area contributed by atoms with Gasteiger partial charge in [-0.15, -0.1) is 11.3 Å². The predicted molar refractivity (Wildman–Crippen MR) is 59.7 cm³/mol. The monoisotopic (exact) mass is 223 g/mol. The molecule has 0 amide bonds. The highest BCUT2D eigenvalue weighted by molar-refractivity contribution is 7.20. The van der Waals surface area contributed by atoms with Crippen LogP contribution in [0.1, 0.15) is 9.67 Å². The maximum Gasteiger partial charge on any atom is 0.345 e. The molecule has 0 spiro atoms. The van der Waals surface area contributed by atoms with Crippen LogP contribution in [0.2, 0.25) is 0 Å². The van der Waals surface area contributed by atoms with Crippen molar-refractivity contribution in [2.45, 2.75) is 0 Å². The zero-order chi connectivity index (χ0) is 11.0. The molecule has 1 aromatic heterocycles. The highest BCUT2D eigenvalue weighted by Gasteiger charge is 2.10. The van der Waals surface area contributed by atoms with Crippen molar-refractivity contribution >= 4 is 33.1 Å². The predicted octanol–water partition coefficient (Wildman–Crippen LogP) is 2.19. The molecular formula is C10H9NO3S. The van der Waals surface area contributed by atoms with Crippen LogP contribution in [0, 0.1) is 0 Å². The Labute approximate surface area is 89.9 Å². The average molecular weight is 223 g/mol. The normalized spacial score (nSPS) is 10.5. The number of carboxylic acids is 1. The van der Waals surface area contributed by atoms with Gasteiger partial charge in [-0.3, -0.25) is 0 Å². The second-order valence-corrected chi connectivity index (χ2v) is 4.13. The molecule has 4 nitrogen and oxygen atoms in total. The molecule has 0 atom stereocenters. The summed E-state index contributed by atoms with van der Waals surface area (Å²) < 4.78 is 5.92. The van der Waals surface area contributed by atoms with Gasteiger partial charge in [-0.2, -0.15) is 0 Å². The Hall–Kier alpha value is -1.75. The van der Waals surface area contributed by atoms with Crippen molar-refractivity contribution in [3.8, 4) is 5.75 Å². The lowest BCUT2D eigenvalue weighted by molar-refractivity contribution is 0.0702. The number of hydrogen-bond acceptors (Lipinski definition) is 4. The van der Waals surface area contributed by atoms with Gasteiger partial charge in [-0.05, 0) is 17.5 Å². The van der Waals surface area contributed by atoms with Gasteiger partial charge < -0.3 is 15.6 Å². The van der Waals surface area contributed by atoms with Gasteiger partial charge in [0.15, 0.2) is 0 Å². The van der Waals surface area contributed by atoms with E-state index in [9.17, 15) is 4.79 Å². The van der Waals surface area contributed by atoms with Crippen molar-refractivity contribution in [2.75, 3.05) is 12.8 Å². The van der Waals surface area contributed by atoms with Gasteiger partial charge in [0, 0.05) is 10.8 Å². The SMILES string of the molecule is COc1cc2sc(C(=O)O)cc2cc1N. The number of methoxy groups -OCH3 is 1. The fraction of sp³-hybridized carbons (Fsp3) is 0.100. The minimum Gasteiger partial charge on any atom is -0.495 e. The summed E-state index contributed by atoms with van der Waals surface area (Å²) in [5.74, 6) is -0.352. The maximum atomic E-state index is 10.8. The lowest BCUT2D eigenvalue weighted by atomic mass is 10.2. The Morgan fingerprint density at radius 1 is 1.47 bits per heavy atom. The molecule has 0 fully saturated rings. The van der Waals surface area contributed by atoms with Gasteiger partial charge in [0.25, 0.3) is 0 Å². The number of hydrogen-bond donors (Lipinski definition) is 2. The quantitative estimate of drug-likeness (QED) is 0.765. The molecule has 0 aliphatic heterocycles. The van der Waals surface area contributed by atoms with Crippen LogP contribution in [0.3, 0.4) is 0 Å². The van der Waals surface area contributed by atoms with Gasteiger partial charge in [-0.1, -0.05) is 0 Å². The van der Waals surface area contributed by atoms with Gasteiger partial charge in [0.05, 0.1) is 12.8 Å². The third kappa shape index (κ3) is 1.61. The number of ether oxygens (including phenoxy) is 1. The summed E-state index contributed by atoms with van der Waals surface area (Å²) in [5.41, 5.74) is 6.23. The molecule has 1 aromatic carbocycles. The summed E-state index contributed by atoms with van der Waals surface area (Å²) in [5, 5.41) is 9.66. The third-order valence-electron chi connectivity index (χ3n) is 2.08. The average Bonchev–Trinajstić information content (AvgIpc) is 2.59. The van der Waals surface area contributed by atoms with E-state index in [2.05, 4.69) is 0 Å². The number of nitrogen functional groups attached to an aromatic ring is 1. The fourth-order valence-corrected chi connectivity index (χ4v) is 2.28. The van der Waals surface area contributed by atoms with Gasteiger partial charge in [-0.25, -0.2) is 4.79 Å². The number of benzene rings is 1. The summed E-state index contributed by atoms with van der Waals surface area (Å²) in [7, 11) is 1.53. The molecule has 15 heavy (non-hydrogen) atoms. The Morgan fingerprint density at radius 3 is 2.80 bits per heavy atom. The first-order chi connectivity index (χ1) is 7.11. The van der Waals surface area contributed by atoms with Crippen LogP contribution in [0.5, 0.6) is 5.75 Å². The van der Waals surface area contributed by atoms with E-state index in [-0.39, 0.29) is 0 Å². The van der Waals surface area contributed by atoms with Crippen molar-refractivity contribution in [1.29, 1.82) is 0 Å². The zero-order valence-corrected chi connectivity index (χ0v) is 8.80. The maximum absolute atomic E-state index is 10.8. The molecule has 0 saturated heterocycles. The second-order valence-electron chi connectivity index (χ2n) is 3.05. The van der Waals surface area contributed by atoms with E-state index >= 15 is 0 Å². The summed E-state index contributed by atoms with van der Waals surface area (Å²) in [4.78, 5) is 11.1. The van der Waals surface area contributed by atoms with Crippen LogP contribution in [0.25, 0.3) is 10.1 Å². The number of nitrogens with two attached hydrogens (primary N) is 1. The molecule has 0 saturated carbocycles. The fourth-order valence-electron chi connectivity index (χ4n) is 1.37. The summed E-state index contributed by atoms with van der Waals surface area (Å²) in [6, 6.07) is 5.08. The number of rotatable bonds is 2. The van der Waals surface area contributed by atoms with Crippen molar-refractivity contribution in [3.05, 3.63) is 23.1 Å². The van der Waals surface area contributed by atoms with E-state index in [1.54, 1.807) is 18.2 Å². The molecule has 0 aliphatic carbocycles. The molecule has 78 valence electrons. The highest BCUT2D eigenvalue weighted by atomic mass is 32.1. The van der Waals surface area contributed by atoms with Crippen LogP contribution < -0.4 is 10.5 Å². The number of fused-ring (bicyclic) bond motifs is 1. The summed E-state index contributed by atoms with van der Waals surface area (Å²) >= 11 is 1.21. The summed E-state index contributed by atoms with van der Waals surface area (Å²) in [6.45, 7) is 0. The topological polar surface area (TPSA) is 72.5 Å². The molecule has 0 radical (unpaired) electrons. The number of anilines is 1. The minimum absolute atomic E-state index is 0.303. The standard InChI is InChI=1S/C10H9NO3S/c1-14-7-4-8-5(2-6(7)11)3-9(15-8)10(12)13/h2-4H,11H2,1H3,(H,12,13). The number of thiophene rings is 1. The molecule has 0 bridgehead atoms. The van der Waals surface area contributed by atoms with E-state index < -0.39 is 5.97 Å². The van der Waals surface area contributed by atoms with Crippen molar-refractivity contribution in [3.63, 3.8) is 0 Å². The first kappa shape index (κ1) is 9.79. The number of aromatic carboxylic acids is 1. The molecule has 2 rings (SSSR count). The van der Waals surface area contributed by atoms with Gasteiger partial charge >= 0.3 is 5.97 Å². The lowest BCUT2D eigenvalue weighted by Gasteiger charge is -2.03. The van der Waals surface area contributed by atoms with E-state index in [1.165, 1.54) is 18.4 Å². The lowest BCUT2D eigenvalue weighted by Crippen LogP contribution is -1.91. The smallest absolute Gasteiger partial charge is 0.345 e. The largest absolute Gasteiger partial charge is 0.495 e. The molecule has 0 aliphatic rings. The molecule has 1 heterocycles. The molecular weight excluding hydrogens is 214 g/mol. The van der Waals surface area contributed by atoms with Gasteiger partial charge in [0.2, 0.25) is 0 Å². The van der Waals surface area contributed by atoms with Crippen LogP contribution >= 0.6 is 11.3 Å². The number of carboxylic acid groups (broad SMARTS) is 1.